The summed E-state index contributed by atoms with van der Waals surface area (Å²) in [5.74, 6) is 0.0248. The zero-order valence-corrected chi connectivity index (χ0v) is 10.7. The van der Waals surface area contributed by atoms with Gasteiger partial charge in [-0.1, -0.05) is 29.3 Å². The van der Waals surface area contributed by atoms with E-state index in [0.717, 1.165) is 12.1 Å². The first-order chi connectivity index (χ1) is 8.84. The lowest BCUT2D eigenvalue weighted by molar-refractivity contribution is -0.137. The summed E-state index contributed by atoms with van der Waals surface area (Å²) < 4.78 is 37.6. The molecule has 1 aromatic heterocycles. The highest BCUT2D eigenvalue weighted by Gasteiger charge is 2.30. The van der Waals surface area contributed by atoms with Crippen molar-refractivity contribution in [2.45, 2.75) is 6.18 Å². The van der Waals surface area contributed by atoms with Crippen LogP contribution in [0.2, 0.25) is 10.3 Å². The minimum Gasteiger partial charge on any atom is -0.324 e. The first kappa shape index (κ1) is 13.9. The third-order valence-corrected chi connectivity index (χ3v) is 2.50. The summed E-state index contributed by atoms with van der Waals surface area (Å²) in [4.78, 5) is 7.60. The van der Waals surface area contributed by atoms with Gasteiger partial charge in [-0.3, -0.25) is 0 Å². The molecule has 0 bridgehead atoms. The number of nitrogens with one attached hydrogen (secondary N) is 1. The van der Waals surface area contributed by atoms with Crippen LogP contribution in [-0.2, 0) is 6.18 Å². The van der Waals surface area contributed by atoms with Gasteiger partial charge in [0.25, 0.3) is 0 Å². The molecule has 0 saturated heterocycles. The van der Waals surface area contributed by atoms with E-state index in [-0.39, 0.29) is 21.9 Å². The molecule has 19 heavy (non-hydrogen) atoms. The van der Waals surface area contributed by atoms with Gasteiger partial charge in [0.05, 0.1) is 5.56 Å². The van der Waals surface area contributed by atoms with E-state index in [2.05, 4.69) is 15.3 Å². The van der Waals surface area contributed by atoms with E-state index in [9.17, 15) is 13.2 Å². The van der Waals surface area contributed by atoms with E-state index < -0.39 is 11.7 Å². The Labute approximate surface area is 116 Å². The molecular formula is C11H6Cl2F3N3. The van der Waals surface area contributed by atoms with Crippen LogP contribution in [0.3, 0.4) is 0 Å². The van der Waals surface area contributed by atoms with Gasteiger partial charge in [0.2, 0.25) is 5.95 Å². The number of hydrogen-bond acceptors (Lipinski definition) is 3. The van der Waals surface area contributed by atoms with Gasteiger partial charge in [0.1, 0.15) is 10.3 Å². The number of alkyl halides is 3. The molecular weight excluding hydrogens is 302 g/mol. The molecule has 0 aliphatic carbocycles. The smallest absolute Gasteiger partial charge is 0.324 e. The molecule has 1 aromatic carbocycles. The molecule has 0 amide bonds. The molecule has 0 unspecified atom stereocenters. The van der Waals surface area contributed by atoms with E-state index >= 15 is 0 Å². The van der Waals surface area contributed by atoms with Gasteiger partial charge < -0.3 is 5.32 Å². The zero-order valence-electron chi connectivity index (χ0n) is 9.17. The molecule has 8 heteroatoms. The number of anilines is 2. The first-order valence-corrected chi connectivity index (χ1v) is 5.74. The second-order valence-corrected chi connectivity index (χ2v) is 4.32. The molecule has 0 fully saturated rings. The number of rotatable bonds is 2. The van der Waals surface area contributed by atoms with E-state index in [0.29, 0.717) is 0 Å². The Balaban J connectivity index is 2.28. The molecule has 2 aromatic rings. The van der Waals surface area contributed by atoms with E-state index in [1.807, 2.05) is 0 Å². The Morgan fingerprint density at radius 3 is 2.21 bits per heavy atom. The second kappa shape index (κ2) is 5.22. The zero-order chi connectivity index (χ0) is 14.0. The number of halogens is 5. The summed E-state index contributed by atoms with van der Waals surface area (Å²) in [5.41, 5.74) is -0.584. The lowest BCUT2D eigenvalue weighted by atomic mass is 10.2. The fraction of sp³-hybridized carbons (Fsp3) is 0.0909. The van der Waals surface area contributed by atoms with Crippen LogP contribution in [0.15, 0.2) is 30.3 Å². The van der Waals surface area contributed by atoms with Crippen molar-refractivity contribution in [3.05, 3.63) is 46.2 Å². The maximum atomic E-state index is 12.5. The van der Waals surface area contributed by atoms with Crippen molar-refractivity contribution in [1.82, 2.24) is 9.97 Å². The Morgan fingerprint density at radius 1 is 1.00 bits per heavy atom. The average molecular weight is 308 g/mol. The average Bonchev–Trinajstić information content (AvgIpc) is 2.26. The lowest BCUT2D eigenvalue weighted by Gasteiger charge is -2.09. The van der Waals surface area contributed by atoms with Gasteiger partial charge in [-0.05, 0) is 18.2 Å². The third-order valence-electron chi connectivity index (χ3n) is 2.11. The van der Waals surface area contributed by atoms with Crippen LogP contribution in [0.1, 0.15) is 5.56 Å². The molecule has 0 spiro atoms. The van der Waals surface area contributed by atoms with Gasteiger partial charge in [0.15, 0.2) is 0 Å². The maximum absolute atomic E-state index is 12.5. The molecule has 0 atom stereocenters. The number of hydrogen-bond donors (Lipinski definition) is 1. The van der Waals surface area contributed by atoms with Crippen LogP contribution < -0.4 is 5.32 Å². The monoisotopic (exact) mass is 307 g/mol. The molecule has 2 rings (SSSR count). The minimum atomic E-state index is -4.41. The highest BCUT2D eigenvalue weighted by Crippen LogP contribution is 2.31. The second-order valence-electron chi connectivity index (χ2n) is 3.54. The van der Waals surface area contributed by atoms with E-state index in [1.165, 1.54) is 18.2 Å². The first-order valence-electron chi connectivity index (χ1n) is 4.99. The molecule has 0 aliphatic rings. The Morgan fingerprint density at radius 2 is 1.63 bits per heavy atom. The van der Waals surface area contributed by atoms with Crippen LogP contribution in [0.25, 0.3) is 0 Å². The molecule has 1 N–H and O–H groups in total. The molecule has 3 nitrogen and oxygen atoms in total. The van der Waals surface area contributed by atoms with Crippen LogP contribution in [-0.4, -0.2) is 9.97 Å². The lowest BCUT2D eigenvalue weighted by Crippen LogP contribution is -2.05. The Hall–Kier alpha value is -1.53. The van der Waals surface area contributed by atoms with E-state index in [4.69, 9.17) is 23.2 Å². The van der Waals surface area contributed by atoms with Crippen molar-refractivity contribution in [2.75, 3.05) is 5.32 Å². The van der Waals surface area contributed by atoms with Crippen molar-refractivity contribution in [1.29, 1.82) is 0 Å². The van der Waals surface area contributed by atoms with Crippen LogP contribution in [0.4, 0.5) is 24.8 Å². The van der Waals surface area contributed by atoms with Gasteiger partial charge in [-0.25, -0.2) is 9.97 Å². The fourth-order valence-corrected chi connectivity index (χ4v) is 1.77. The molecule has 0 saturated carbocycles. The Bertz CT molecular complexity index is 582. The Kier molecular flexibility index (Phi) is 3.82. The summed E-state index contributed by atoms with van der Waals surface area (Å²) in [6.07, 6.45) is -4.41. The largest absolute Gasteiger partial charge is 0.416 e. The number of nitrogens with zero attached hydrogens (tertiary/aromatic N) is 2. The molecule has 0 radical (unpaired) electrons. The number of benzene rings is 1. The normalized spacial score (nSPS) is 11.4. The van der Waals surface area contributed by atoms with Crippen LogP contribution in [0, 0.1) is 0 Å². The van der Waals surface area contributed by atoms with Crippen molar-refractivity contribution < 1.29 is 13.2 Å². The van der Waals surface area contributed by atoms with Crippen LogP contribution in [0.5, 0.6) is 0 Å². The third kappa shape index (κ3) is 3.71. The molecule has 1 heterocycles. The SMILES string of the molecule is FC(F)(F)c1cccc(Nc2nc(Cl)cc(Cl)n2)c1. The quantitative estimate of drug-likeness (QED) is 0.827. The predicted octanol–water partition coefficient (Wildman–Crippen LogP) is 4.55. The minimum absolute atomic E-state index is 0.0248. The number of aromatic nitrogens is 2. The predicted molar refractivity (Wildman–Crippen MR) is 66.8 cm³/mol. The van der Waals surface area contributed by atoms with Crippen molar-refractivity contribution >= 4 is 34.8 Å². The van der Waals surface area contributed by atoms with Gasteiger partial charge in [-0.2, -0.15) is 13.2 Å². The summed E-state index contributed by atoms with van der Waals surface area (Å²) in [6, 6.07) is 5.96. The summed E-state index contributed by atoms with van der Waals surface area (Å²) >= 11 is 11.3. The summed E-state index contributed by atoms with van der Waals surface area (Å²) in [7, 11) is 0. The van der Waals surface area contributed by atoms with Gasteiger partial charge >= 0.3 is 6.18 Å². The van der Waals surface area contributed by atoms with Crippen LogP contribution >= 0.6 is 23.2 Å². The standard InChI is InChI=1S/C11H6Cl2F3N3/c12-8-5-9(13)19-10(18-8)17-7-3-1-2-6(4-7)11(14,15)16/h1-5H,(H,17,18,19). The fourth-order valence-electron chi connectivity index (χ4n) is 1.35. The topological polar surface area (TPSA) is 37.8 Å². The van der Waals surface area contributed by atoms with Gasteiger partial charge in [-0.15, -0.1) is 0 Å². The van der Waals surface area contributed by atoms with Crippen molar-refractivity contribution in [3.8, 4) is 0 Å². The molecule has 100 valence electrons. The summed E-state index contributed by atoms with van der Waals surface area (Å²) in [5, 5.41) is 2.79. The summed E-state index contributed by atoms with van der Waals surface area (Å²) in [6.45, 7) is 0. The highest BCUT2D eigenvalue weighted by atomic mass is 35.5. The molecule has 0 aliphatic heterocycles. The van der Waals surface area contributed by atoms with Crippen molar-refractivity contribution in [2.24, 2.45) is 0 Å². The maximum Gasteiger partial charge on any atom is 0.416 e. The van der Waals surface area contributed by atoms with Crippen molar-refractivity contribution in [3.63, 3.8) is 0 Å². The van der Waals surface area contributed by atoms with E-state index in [1.54, 1.807) is 0 Å². The van der Waals surface area contributed by atoms with Gasteiger partial charge in [0, 0.05) is 11.8 Å². The highest BCUT2D eigenvalue weighted by molar-refractivity contribution is 6.33.